The summed E-state index contributed by atoms with van der Waals surface area (Å²) >= 11 is 0. The van der Waals surface area contributed by atoms with Crippen LogP contribution in [0.4, 0.5) is 0 Å². The molecule has 0 saturated carbocycles. The van der Waals surface area contributed by atoms with E-state index in [-0.39, 0.29) is 18.5 Å². The van der Waals surface area contributed by atoms with Gasteiger partial charge in [0.05, 0.1) is 25.2 Å². The average Bonchev–Trinajstić information content (AvgIpc) is 2.57. The number of aliphatic hydroxyl groups is 1. The molecule has 0 aliphatic carbocycles. The largest absolute Gasteiger partial charge is 0.481 e. The summed E-state index contributed by atoms with van der Waals surface area (Å²) < 4.78 is 0. The molecule has 1 aliphatic heterocycles. The predicted octanol–water partition coefficient (Wildman–Crippen LogP) is 0.898. The number of rotatable bonds is 5. The summed E-state index contributed by atoms with van der Waals surface area (Å²) in [6, 6.07) is 0. The van der Waals surface area contributed by atoms with Crippen LogP contribution in [0.5, 0.6) is 0 Å². The molecule has 2 atom stereocenters. The van der Waals surface area contributed by atoms with E-state index in [1.54, 1.807) is 0 Å². The Labute approximate surface area is 121 Å². The van der Waals surface area contributed by atoms with Gasteiger partial charge in [0.1, 0.15) is 0 Å². The van der Waals surface area contributed by atoms with Gasteiger partial charge in [-0.3, -0.25) is 14.5 Å². The lowest BCUT2D eigenvalue weighted by Crippen LogP contribution is -2.41. The van der Waals surface area contributed by atoms with Crippen LogP contribution in [-0.4, -0.2) is 52.3 Å². The molecule has 0 spiro atoms. The summed E-state index contributed by atoms with van der Waals surface area (Å²) in [5.74, 6) is 0.313. The molecule has 0 bridgehead atoms. The van der Waals surface area contributed by atoms with Crippen molar-refractivity contribution in [2.75, 3.05) is 13.1 Å². The third-order valence-corrected chi connectivity index (χ3v) is 2.75. The highest BCUT2D eigenvalue weighted by Gasteiger charge is 2.31. The van der Waals surface area contributed by atoms with Gasteiger partial charge in [0.15, 0.2) is 0 Å². The number of carboxylic acids is 1. The first-order valence-electron chi connectivity index (χ1n) is 7.06. The van der Waals surface area contributed by atoms with E-state index in [4.69, 9.17) is 10.2 Å². The number of nitrogens with zero attached hydrogens (tertiary/aromatic N) is 1. The predicted molar refractivity (Wildman–Crippen MR) is 77.1 cm³/mol. The third kappa shape index (κ3) is 8.12. The van der Waals surface area contributed by atoms with Crippen molar-refractivity contribution in [1.82, 2.24) is 10.2 Å². The van der Waals surface area contributed by atoms with Crippen molar-refractivity contribution in [3.63, 3.8) is 0 Å². The summed E-state index contributed by atoms with van der Waals surface area (Å²) in [5, 5.41) is 19.3. The Morgan fingerprint density at radius 1 is 1.35 bits per heavy atom. The Kier molecular flexibility index (Phi) is 8.41. The molecule has 2 unspecified atom stereocenters. The topological polar surface area (TPSA) is 89.9 Å². The van der Waals surface area contributed by atoms with Crippen molar-refractivity contribution < 1.29 is 19.8 Å². The maximum Gasteiger partial charge on any atom is 0.305 e. The molecule has 1 saturated heterocycles. The Balaban J connectivity index is 0.000000441. The first kappa shape index (κ1) is 18.9. The van der Waals surface area contributed by atoms with Gasteiger partial charge in [-0.2, -0.15) is 0 Å². The molecule has 0 aromatic heterocycles. The first-order chi connectivity index (χ1) is 9.13. The van der Waals surface area contributed by atoms with Crippen LogP contribution in [0, 0.1) is 11.8 Å². The van der Waals surface area contributed by atoms with Gasteiger partial charge in [0.25, 0.3) is 0 Å². The zero-order valence-electron chi connectivity index (χ0n) is 13.1. The van der Waals surface area contributed by atoms with Crippen LogP contribution in [0.15, 0.2) is 0 Å². The van der Waals surface area contributed by atoms with E-state index in [2.05, 4.69) is 37.9 Å². The van der Waals surface area contributed by atoms with Crippen LogP contribution in [-0.2, 0) is 9.59 Å². The summed E-state index contributed by atoms with van der Waals surface area (Å²) in [4.78, 5) is 23.1. The Morgan fingerprint density at radius 3 is 2.20 bits per heavy atom. The van der Waals surface area contributed by atoms with E-state index in [0.717, 1.165) is 6.54 Å². The second-order valence-electron chi connectivity index (χ2n) is 6.03. The number of hydrogen-bond acceptors (Lipinski definition) is 4. The molecule has 0 aromatic rings. The molecule has 118 valence electrons. The minimum Gasteiger partial charge on any atom is -0.481 e. The molecular weight excluding hydrogens is 260 g/mol. The van der Waals surface area contributed by atoms with Gasteiger partial charge in [0, 0.05) is 6.54 Å². The Bertz CT molecular complexity index is 316. The molecule has 1 amide bonds. The minimum absolute atomic E-state index is 0.166. The van der Waals surface area contributed by atoms with Crippen molar-refractivity contribution >= 4 is 11.9 Å². The molecule has 1 rings (SSSR count). The van der Waals surface area contributed by atoms with Gasteiger partial charge in [-0.15, -0.1) is 0 Å². The lowest BCUT2D eigenvalue weighted by molar-refractivity contribution is -0.138. The van der Waals surface area contributed by atoms with Crippen molar-refractivity contribution in [3.05, 3.63) is 0 Å². The number of carbonyl (C=O) groups is 2. The summed E-state index contributed by atoms with van der Waals surface area (Å²) in [5.41, 5.74) is 0. The molecule has 6 nitrogen and oxygen atoms in total. The number of nitrogens with one attached hydrogen (secondary N) is 1. The van der Waals surface area contributed by atoms with Gasteiger partial charge in [-0.05, 0) is 18.8 Å². The molecule has 6 heteroatoms. The van der Waals surface area contributed by atoms with Gasteiger partial charge in [0.2, 0.25) is 5.91 Å². The van der Waals surface area contributed by atoms with Gasteiger partial charge in [-0.25, -0.2) is 0 Å². The summed E-state index contributed by atoms with van der Waals surface area (Å²) in [7, 11) is 0. The zero-order chi connectivity index (χ0) is 15.9. The van der Waals surface area contributed by atoms with E-state index in [0.29, 0.717) is 18.4 Å². The van der Waals surface area contributed by atoms with Crippen LogP contribution in [0.25, 0.3) is 0 Å². The third-order valence-electron chi connectivity index (χ3n) is 2.75. The fourth-order valence-electron chi connectivity index (χ4n) is 2.07. The maximum absolute atomic E-state index is 11.2. The van der Waals surface area contributed by atoms with Crippen LogP contribution < -0.4 is 5.32 Å². The van der Waals surface area contributed by atoms with E-state index in [9.17, 15) is 9.59 Å². The lowest BCUT2D eigenvalue weighted by atomic mass is 10.1. The summed E-state index contributed by atoms with van der Waals surface area (Å²) in [6.07, 6.45) is -0.646. The molecule has 3 N–H and O–H groups in total. The molecular formula is C14H28N2O4. The van der Waals surface area contributed by atoms with Crippen LogP contribution >= 0.6 is 0 Å². The number of carbonyl (C=O) groups excluding carboxylic acids is 1. The van der Waals surface area contributed by atoms with Crippen molar-refractivity contribution in [2.45, 2.75) is 53.3 Å². The highest BCUT2D eigenvalue weighted by Crippen LogP contribution is 2.14. The first-order valence-corrected chi connectivity index (χ1v) is 7.06. The van der Waals surface area contributed by atoms with Crippen molar-refractivity contribution in [1.29, 1.82) is 0 Å². The van der Waals surface area contributed by atoms with Crippen molar-refractivity contribution in [3.8, 4) is 0 Å². The highest BCUT2D eigenvalue weighted by atomic mass is 16.4. The number of hydrogen-bond donors (Lipinski definition) is 3. The molecule has 1 heterocycles. The second-order valence-corrected chi connectivity index (χ2v) is 6.03. The second kappa shape index (κ2) is 8.92. The fraction of sp³-hybridized carbons (Fsp3) is 0.857. The smallest absolute Gasteiger partial charge is 0.305 e. The molecule has 0 aromatic carbocycles. The number of carboxylic acid groups (broad SMARTS) is 1. The van der Waals surface area contributed by atoms with Crippen LogP contribution in [0.1, 0.15) is 41.0 Å². The van der Waals surface area contributed by atoms with Crippen LogP contribution in [0.3, 0.4) is 0 Å². The minimum atomic E-state index is -0.963. The number of aliphatic hydroxyl groups excluding tert-OH is 1. The Hall–Kier alpha value is -1.14. The van der Waals surface area contributed by atoms with Gasteiger partial charge < -0.3 is 15.5 Å². The highest BCUT2D eigenvalue weighted by molar-refractivity contribution is 5.80. The Morgan fingerprint density at radius 2 is 1.90 bits per heavy atom. The maximum atomic E-state index is 11.2. The normalized spacial score (nSPS) is 20.6. The standard InChI is InChI=1S/C10H20N2O.C4H8O3/c1-7(2)5-12-6-9(13)11-10(12)8(3)4;1-3(5)2-4(6)7/h7-8,10H,5-6H2,1-4H3,(H,11,13);3,5H,2H2,1H3,(H,6,7). The molecule has 20 heavy (non-hydrogen) atoms. The van der Waals surface area contributed by atoms with E-state index >= 15 is 0 Å². The zero-order valence-corrected chi connectivity index (χ0v) is 13.1. The molecule has 0 radical (unpaired) electrons. The number of aliphatic carboxylic acids is 1. The quantitative estimate of drug-likeness (QED) is 0.699. The molecule has 1 fully saturated rings. The average molecular weight is 288 g/mol. The van der Waals surface area contributed by atoms with E-state index < -0.39 is 12.1 Å². The SMILES string of the molecule is CC(C)CN1CC(=O)NC1C(C)C.CC(O)CC(=O)O. The molecule has 1 aliphatic rings. The van der Waals surface area contributed by atoms with Gasteiger partial charge in [-0.1, -0.05) is 27.7 Å². The summed E-state index contributed by atoms with van der Waals surface area (Å²) in [6.45, 7) is 11.7. The fourth-order valence-corrected chi connectivity index (χ4v) is 2.07. The lowest BCUT2D eigenvalue weighted by Gasteiger charge is -2.27. The van der Waals surface area contributed by atoms with E-state index in [1.165, 1.54) is 6.92 Å². The van der Waals surface area contributed by atoms with Crippen molar-refractivity contribution in [2.24, 2.45) is 11.8 Å². The monoisotopic (exact) mass is 288 g/mol. The number of amides is 1. The van der Waals surface area contributed by atoms with Gasteiger partial charge >= 0.3 is 5.97 Å². The van der Waals surface area contributed by atoms with E-state index in [1.807, 2.05) is 0 Å². The van der Waals surface area contributed by atoms with Crippen LogP contribution in [0.2, 0.25) is 0 Å².